The number of phenols is 2. The highest BCUT2D eigenvalue weighted by molar-refractivity contribution is 6.22. The molecule has 0 spiro atoms. The van der Waals surface area contributed by atoms with Gasteiger partial charge in [0.05, 0.1) is 66.4 Å². The van der Waals surface area contributed by atoms with E-state index in [0.717, 1.165) is 19.3 Å². The fourth-order valence-electron chi connectivity index (χ4n) is 12.3. The Morgan fingerprint density at radius 3 is 1.97 bits per heavy atom. The summed E-state index contributed by atoms with van der Waals surface area (Å²) in [5.74, 6) is -29.9. The van der Waals surface area contributed by atoms with Crippen molar-refractivity contribution < 1.29 is 142 Å². The number of rotatable bonds is 17. The van der Waals surface area contributed by atoms with Crippen LogP contribution in [0.5, 0.6) is 23.0 Å². The van der Waals surface area contributed by atoms with E-state index in [0.29, 0.717) is 0 Å². The molecule has 4 heterocycles. The van der Waals surface area contributed by atoms with E-state index in [1.54, 1.807) is 39.1 Å². The Balaban J connectivity index is 1.50. The number of aliphatic hydroxyl groups excluding tert-OH is 7. The topological polar surface area (TPSA) is 622 Å². The molecule has 21 N–H and O–H groups in total. The summed E-state index contributed by atoms with van der Waals surface area (Å²) in [7, 11) is 1.34. The average Bonchev–Trinajstić information content (AvgIpc) is 1.51. The maximum Gasteiger partial charge on any atom is 0.336 e. The fraction of sp³-hybridized carbons (Fsp3) is 0.577. The number of benzene rings is 2. The Kier molecular flexibility index (Phi) is 31.8. The smallest absolute Gasteiger partial charge is 0.336 e. The summed E-state index contributed by atoms with van der Waals surface area (Å²) in [6.45, 7) is 13.6. The zero-order chi connectivity index (χ0) is 83.2. The quantitative estimate of drug-likeness (QED) is 0.0403. The first-order valence-electron chi connectivity index (χ1n) is 35.0. The van der Waals surface area contributed by atoms with E-state index < -0.39 is 276 Å². The molecule has 12 unspecified atom stereocenters. The van der Waals surface area contributed by atoms with Crippen molar-refractivity contribution in [3.05, 3.63) is 53.3 Å². The first-order chi connectivity index (χ1) is 51.3. The van der Waals surface area contributed by atoms with E-state index in [1.807, 2.05) is 16.0 Å². The van der Waals surface area contributed by atoms with Gasteiger partial charge < -0.3 is 128 Å². The highest BCUT2D eigenvalue weighted by atomic mass is 16.7. The number of ether oxygens (including phenoxy) is 5. The van der Waals surface area contributed by atoms with Gasteiger partial charge in [-0.1, -0.05) is 66.7 Å². The van der Waals surface area contributed by atoms with Crippen LogP contribution >= 0.6 is 0 Å². The Hall–Kier alpha value is -10.4. The summed E-state index contributed by atoms with van der Waals surface area (Å²) >= 11 is 0. The van der Waals surface area contributed by atoms with Crippen LogP contribution in [0.4, 0.5) is 5.69 Å². The summed E-state index contributed by atoms with van der Waals surface area (Å²) in [5.41, 5.74) is 4.24. The molecule has 608 valence electrons. The van der Waals surface area contributed by atoms with Crippen LogP contribution in [-0.2, 0) is 76.5 Å². The van der Waals surface area contributed by atoms with Crippen molar-refractivity contribution in [2.45, 2.75) is 187 Å². The third-order valence-electron chi connectivity index (χ3n) is 19.5. The van der Waals surface area contributed by atoms with Crippen LogP contribution in [0.15, 0.2) is 42.2 Å². The number of β-amino-alcohol motifs (C(OH)–C–C–N with tert-alkyl or cyclic N) is 1. The van der Waals surface area contributed by atoms with Gasteiger partial charge in [-0.2, -0.15) is 0 Å². The van der Waals surface area contributed by atoms with Gasteiger partial charge >= 0.3 is 17.7 Å². The van der Waals surface area contributed by atoms with E-state index in [4.69, 9.17) is 29.4 Å². The third kappa shape index (κ3) is 21.7. The number of fused-ring (bicyclic) bond motifs is 14. The van der Waals surface area contributed by atoms with Crippen LogP contribution in [0.25, 0.3) is 10.8 Å². The molecule has 0 radical (unpaired) electrons. The molecule has 0 aromatic heterocycles. The average molecular weight is 1560 g/mol. The van der Waals surface area contributed by atoms with Gasteiger partial charge in [-0.3, -0.25) is 62.3 Å². The van der Waals surface area contributed by atoms with E-state index in [9.17, 15) is 118 Å². The molecule has 39 heteroatoms. The number of nitrogens with two attached hydrogens (primary N) is 1. The zero-order valence-electron chi connectivity index (χ0n) is 62.9. The second kappa shape index (κ2) is 38.8. The van der Waals surface area contributed by atoms with Crippen molar-refractivity contribution in [1.29, 1.82) is 0 Å². The molecule has 1 saturated heterocycles. The second-order valence-corrected chi connectivity index (χ2v) is 28.0. The Bertz CT molecular complexity index is 3940. The Labute approximate surface area is 630 Å². The number of esters is 1. The lowest BCUT2D eigenvalue weighted by Gasteiger charge is -2.38. The number of Topliss-reactive ketones (excluding diaryl/α,β-unsaturated/α-hetero) is 2. The number of methoxy groups -OCH3 is 1. The number of hydrogen-bond donors (Lipinski definition) is 20. The Morgan fingerprint density at radius 1 is 0.764 bits per heavy atom. The van der Waals surface area contributed by atoms with Gasteiger partial charge in [0.25, 0.3) is 29.4 Å². The lowest BCUT2D eigenvalue weighted by Crippen LogP contribution is -2.64. The van der Waals surface area contributed by atoms with Crippen LogP contribution in [0.2, 0.25) is 0 Å². The largest absolute Gasteiger partial charge is 0.507 e. The van der Waals surface area contributed by atoms with Crippen LogP contribution in [0.1, 0.15) is 105 Å². The van der Waals surface area contributed by atoms with Crippen LogP contribution < -0.4 is 63.1 Å². The maximum atomic E-state index is 14.9. The molecule has 0 saturated carbocycles. The van der Waals surface area contributed by atoms with E-state index in [-0.39, 0.29) is 27.8 Å². The van der Waals surface area contributed by atoms with Crippen molar-refractivity contribution in [3.63, 3.8) is 0 Å². The number of aliphatic hydroxyl groups is 7. The van der Waals surface area contributed by atoms with Crippen LogP contribution in [0.3, 0.4) is 0 Å². The lowest BCUT2D eigenvalue weighted by atomic mass is 9.78. The first-order valence-corrected chi connectivity index (χ1v) is 35.0. The molecular weight excluding hydrogens is 1460 g/mol. The molecule has 1 fully saturated rings. The predicted octanol–water partition coefficient (Wildman–Crippen LogP) is -4.50. The molecule has 0 aliphatic carbocycles. The molecule has 10 amide bonds. The van der Waals surface area contributed by atoms with Gasteiger partial charge in [-0.25, -0.2) is 4.79 Å². The van der Waals surface area contributed by atoms with Gasteiger partial charge in [-0.15, -0.1) is 0 Å². The summed E-state index contributed by atoms with van der Waals surface area (Å²) in [6, 6.07) is -11.6. The minimum Gasteiger partial charge on any atom is -0.507 e. The number of allylic oxidation sites excluding steroid dienone is 2. The van der Waals surface area contributed by atoms with Gasteiger partial charge in [-0.05, 0) is 39.7 Å². The number of aliphatic carboxylic acids is 1. The van der Waals surface area contributed by atoms with Crippen LogP contribution in [-0.4, -0.2) is 258 Å². The van der Waals surface area contributed by atoms with Crippen molar-refractivity contribution in [3.8, 4) is 23.0 Å². The standard InChI is InChI=1S/C71H100N10O29/c1-26(2)37-20-41(85)40(24-82)78-65(99)39(77-69(103)51(70(104)105)81-66(100)42(86)23-74-67(101)49(35(11)83)79-68(102)50(80-64(37)98)56(92)57(93)61(72)95)22-73-63(97)29(5)34(10)75-45(87)25-107-44-21-38-55(91)47-46(44)48-59(33(9)54(47)90)110-71(13,60(48)94)108-19-18-43(106-14)30(6)58(109-36(12)84)32(8)53(89)31(7)52(88)27(3)16-15-17-28(4)62(96)76-38/h15-19,21,26-27,29-32,34-35,37,39-40,42-43,49-53,56-58,82-83,86,88-93H,20,22-25H2,1-14H3,(H2,72,95)(H,73,97)(H,74,101)(H,75,87)(H,76,96)(H,77,103)(H,78,99)(H,79,102)(H,80,98)(H,81,100)(H,104,105)/b16-15+,19-18+,28-17-/t27-,29?,30+,31+,32+,34?,35?,37?,39?,40?,42?,43-,49?,50?,51?,52-,53+,56?,57?,58+,71-/m0/s1. The van der Waals surface area contributed by atoms with Crippen molar-refractivity contribution in [2.24, 2.45) is 47.2 Å². The van der Waals surface area contributed by atoms with E-state index in [2.05, 4.69) is 26.6 Å². The van der Waals surface area contributed by atoms with Crippen molar-refractivity contribution in [2.75, 3.05) is 38.7 Å². The summed E-state index contributed by atoms with van der Waals surface area (Å²) in [6.07, 6.45) is -8.03. The highest BCUT2D eigenvalue weighted by Crippen LogP contribution is 2.54. The second-order valence-electron chi connectivity index (χ2n) is 28.0. The molecule has 110 heavy (non-hydrogen) atoms. The summed E-state index contributed by atoms with van der Waals surface area (Å²) in [5, 5.41) is 129. The number of carboxylic acids is 1. The van der Waals surface area contributed by atoms with Crippen molar-refractivity contribution >= 4 is 99.0 Å². The Morgan fingerprint density at radius 2 is 1.39 bits per heavy atom. The number of aromatic hydroxyl groups is 2. The number of ketones is 2. The van der Waals surface area contributed by atoms with E-state index >= 15 is 0 Å². The number of nitrogens with one attached hydrogen (secondary N) is 9. The van der Waals surface area contributed by atoms with Crippen molar-refractivity contribution in [1.82, 2.24) is 42.5 Å². The predicted molar refractivity (Wildman–Crippen MR) is 382 cm³/mol. The summed E-state index contributed by atoms with van der Waals surface area (Å²) in [4.78, 5) is 191. The number of phenolic OH excluding ortho intramolecular Hbond substituents is 2. The number of amides is 10. The molecule has 39 nitrogen and oxygen atoms in total. The molecule has 5 bridgehead atoms. The number of anilines is 1. The van der Waals surface area contributed by atoms with Gasteiger partial charge in [0.2, 0.25) is 41.5 Å². The molecular formula is C71H100N10O29. The minimum absolute atomic E-state index is 0.00983. The third-order valence-corrected chi connectivity index (χ3v) is 19.5. The number of hydrogen-bond acceptors (Lipinski definition) is 28. The SMILES string of the molecule is CO[C@H]1/C=C/O[C@@]2(C)Oc3c(C)c(O)c4c(O)c(cc(OCC(=O)NC(C)C(C)C(=O)NCC5NC(=O)C(C(=O)O)NC(=O)C(O)CNC(=O)C(C(C)O)NC(=O)C(C(O)C(O)C(N)=O)NC(=O)C(C(C)C)CC(=O)C(CO)NC5=O)c4c3C2=O)NC(=O)/C(C)=C\C=C\[C@H](C)[C@H](O)[C@@H](C)[C@@H](O)[C@@H](C)[C@H](OC(C)=O)[C@@H]1C. The van der Waals surface area contributed by atoms with E-state index in [1.165, 1.54) is 80.7 Å². The minimum atomic E-state index is -2.72. The lowest BCUT2D eigenvalue weighted by molar-refractivity contribution is -0.160. The van der Waals surface area contributed by atoms with Gasteiger partial charge in [0.1, 0.15) is 59.7 Å². The fourth-order valence-corrected chi connectivity index (χ4v) is 12.3. The maximum absolute atomic E-state index is 14.9. The molecule has 2 aromatic carbocycles. The van der Waals surface area contributed by atoms with Gasteiger partial charge in [0.15, 0.2) is 24.2 Å². The molecule has 6 rings (SSSR count). The summed E-state index contributed by atoms with van der Waals surface area (Å²) < 4.78 is 29.8. The first kappa shape index (κ1) is 90.2. The zero-order valence-corrected chi connectivity index (χ0v) is 62.9. The molecule has 4 aliphatic heterocycles. The normalized spacial score (nSPS) is 30.0. The number of carboxylic acid groups (broad SMARTS) is 1. The molecule has 21 atom stereocenters. The number of carbonyl (C=O) groups excluding carboxylic acids is 13. The molecule has 2 aromatic rings. The highest BCUT2D eigenvalue weighted by Gasteiger charge is 2.51. The monoisotopic (exact) mass is 1560 g/mol. The van der Waals surface area contributed by atoms with Gasteiger partial charge in [0, 0.05) is 92.1 Å². The number of primary amides is 1. The number of carbonyl (C=O) groups is 14. The molecule has 4 aliphatic rings. The van der Waals surface area contributed by atoms with Crippen LogP contribution in [0, 0.1) is 48.3 Å².